The van der Waals surface area contributed by atoms with Crippen LogP contribution >= 0.6 is 34.8 Å². The summed E-state index contributed by atoms with van der Waals surface area (Å²) in [5.74, 6) is -2.22. The maximum Gasteiger partial charge on any atom is 0.335 e. The number of rotatable bonds is 5. The van der Waals surface area contributed by atoms with Crippen LogP contribution in [0.5, 0.6) is 11.5 Å². The highest BCUT2D eigenvalue weighted by molar-refractivity contribution is 14.1. The number of hydrogen-bond acceptors (Lipinski definition) is 6. The standard InChI is InChI=1S/C20H15IN2O6S/c1-2-29-15-9-10(8-14(21)16(15)24)7-13-17(25)22-20(30)23(18(13)26)12-5-3-11(4-6-12)19(27)28/h3-9,24H,2H2,1H3,(H,27,28)(H,22,25,30)/b13-7+. The number of carbonyl (C=O) groups is 3. The third kappa shape index (κ3) is 4.28. The first kappa shape index (κ1) is 21.7. The molecule has 0 saturated carbocycles. The van der Waals surface area contributed by atoms with Gasteiger partial charge in [-0.25, -0.2) is 4.79 Å². The van der Waals surface area contributed by atoms with E-state index in [1.54, 1.807) is 13.0 Å². The number of nitrogens with one attached hydrogen (secondary N) is 1. The summed E-state index contributed by atoms with van der Waals surface area (Å²) in [6.45, 7) is 2.10. The molecule has 0 bridgehead atoms. The Morgan fingerprint density at radius 2 is 1.93 bits per heavy atom. The molecular weight excluding hydrogens is 523 g/mol. The molecule has 8 nitrogen and oxygen atoms in total. The summed E-state index contributed by atoms with van der Waals surface area (Å²) in [5.41, 5.74) is 0.676. The molecule has 154 valence electrons. The zero-order valence-corrected chi connectivity index (χ0v) is 18.5. The van der Waals surface area contributed by atoms with Crippen LogP contribution in [0.15, 0.2) is 42.0 Å². The Morgan fingerprint density at radius 1 is 1.27 bits per heavy atom. The maximum atomic E-state index is 13.0. The van der Waals surface area contributed by atoms with E-state index in [-0.39, 0.29) is 27.7 Å². The number of hydrogen-bond donors (Lipinski definition) is 3. The predicted molar refractivity (Wildman–Crippen MR) is 122 cm³/mol. The van der Waals surface area contributed by atoms with Crippen molar-refractivity contribution in [3.05, 3.63) is 56.7 Å². The van der Waals surface area contributed by atoms with Gasteiger partial charge in [-0.15, -0.1) is 0 Å². The SMILES string of the molecule is CCOc1cc(/C=C2\C(=O)NC(=S)N(c3ccc(C(=O)O)cc3)C2=O)cc(I)c1O. The van der Waals surface area contributed by atoms with Gasteiger partial charge in [-0.05, 0) is 89.8 Å². The Morgan fingerprint density at radius 3 is 2.53 bits per heavy atom. The molecule has 0 aliphatic carbocycles. The van der Waals surface area contributed by atoms with Gasteiger partial charge in [0, 0.05) is 0 Å². The summed E-state index contributed by atoms with van der Waals surface area (Å²) in [7, 11) is 0. The van der Waals surface area contributed by atoms with E-state index in [1.165, 1.54) is 36.4 Å². The fourth-order valence-corrected chi connectivity index (χ4v) is 3.66. The van der Waals surface area contributed by atoms with Gasteiger partial charge in [-0.2, -0.15) is 0 Å². The first-order chi connectivity index (χ1) is 14.2. The van der Waals surface area contributed by atoms with E-state index in [0.29, 0.717) is 21.4 Å². The lowest BCUT2D eigenvalue weighted by atomic mass is 10.1. The van der Waals surface area contributed by atoms with Gasteiger partial charge in [0.1, 0.15) is 5.57 Å². The minimum absolute atomic E-state index is 0.0275. The van der Waals surface area contributed by atoms with E-state index in [0.717, 1.165) is 4.90 Å². The number of carboxylic acid groups (broad SMARTS) is 1. The first-order valence-corrected chi connectivity index (χ1v) is 10.1. The molecular formula is C20H15IN2O6S. The zero-order chi connectivity index (χ0) is 22.0. The van der Waals surface area contributed by atoms with Crippen LogP contribution in [0, 0.1) is 3.57 Å². The van der Waals surface area contributed by atoms with E-state index in [2.05, 4.69) is 5.32 Å². The van der Waals surface area contributed by atoms with E-state index >= 15 is 0 Å². The van der Waals surface area contributed by atoms with Crippen molar-refractivity contribution in [2.24, 2.45) is 0 Å². The molecule has 30 heavy (non-hydrogen) atoms. The fourth-order valence-electron chi connectivity index (χ4n) is 2.75. The minimum Gasteiger partial charge on any atom is -0.504 e. The van der Waals surface area contributed by atoms with Crippen molar-refractivity contribution in [1.82, 2.24) is 5.32 Å². The third-order valence-electron chi connectivity index (χ3n) is 4.14. The molecule has 2 amide bonds. The number of thiocarbonyl (C=S) groups is 1. The lowest BCUT2D eigenvalue weighted by Crippen LogP contribution is -2.54. The summed E-state index contributed by atoms with van der Waals surface area (Å²) in [6, 6.07) is 8.66. The van der Waals surface area contributed by atoms with E-state index in [9.17, 15) is 19.5 Å². The van der Waals surface area contributed by atoms with Crippen LogP contribution in [-0.4, -0.2) is 39.7 Å². The number of anilines is 1. The topological polar surface area (TPSA) is 116 Å². The summed E-state index contributed by atoms with van der Waals surface area (Å²) in [5, 5.41) is 21.5. The normalized spacial score (nSPS) is 15.3. The Balaban J connectivity index is 2.01. The second-order valence-electron chi connectivity index (χ2n) is 6.09. The number of phenolic OH excluding ortho intramolecular Hbond substituents is 1. The molecule has 0 radical (unpaired) electrons. The number of carboxylic acids is 1. The third-order valence-corrected chi connectivity index (χ3v) is 5.24. The van der Waals surface area contributed by atoms with Crippen LogP contribution < -0.4 is 15.0 Å². The lowest BCUT2D eigenvalue weighted by molar-refractivity contribution is -0.122. The zero-order valence-electron chi connectivity index (χ0n) is 15.5. The number of aromatic carboxylic acids is 1. The molecule has 3 N–H and O–H groups in total. The van der Waals surface area contributed by atoms with Crippen molar-refractivity contribution in [2.45, 2.75) is 6.92 Å². The van der Waals surface area contributed by atoms with Crippen LogP contribution in [0.25, 0.3) is 6.08 Å². The number of carbonyl (C=O) groups excluding carboxylic acids is 2. The van der Waals surface area contributed by atoms with E-state index < -0.39 is 17.8 Å². The van der Waals surface area contributed by atoms with Gasteiger partial charge >= 0.3 is 5.97 Å². The van der Waals surface area contributed by atoms with Gasteiger partial charge in [0.15, 0.2) is 16.6 Å². The number of amides is 2. The van der Waals surface area contributed by atoms with Gasteiger partial charge in [0.2, 0.25) is 0 Å². The Bertz CT molecular complexity index is 1100. The number of benzene rings is 2. The molecule has 1 aliphatic rings. The maximum absolute atomic E-state index is 13.0. The van der Waals surface area contributed by atoms with Crippen molar-refractivity contribution in [1.29, 1.82) is 0 Å². The van der Waals surface area contributed by atoms with Crippen LogP contribution in [-0.2, 0) is 9.59 Å². The molecule has 1 heterocycles. The highest BCUT2D eigenvalue weighted by Crippen LogP contribution is 2.34. The number of aromatic hydroxyl groups is 1. The lowest BCUT2D eigenvalue weighted by Gasteiger charge is -2.29. The van der Waals surface area contributed by atoms with E-state index in [4.69, 9.17) is 22.1 Å². The summed E-state index contributed by atoms with van der Waals surface area (Å²) >= 11 is 7.05. The van der Waals surface area contributed by atoms with Crippen LogP contribution in [0.3, 0.4) is 0 Å². The Labute approximate surface area is 190 Å². The molecule has 3 rings (SSSR count). The Kier molecular flexibility index (Phi) is 6.37. The number of ether oxygens (including phenoxy) is 1. The van der Waals surface area contributed by atoms with Gasteiger partial charge < -0.3 is 14.9 Å². The second kappa shape index (κ2) is 8.79. The minimum atomic E-state index is -1.10. The number of halogens is 1. The molecule has 0 spiro atoms. The molecule has 1 saturated heterocycles. The molecule has 0 atom stereocenters. The average Bonchev–Trinajstić information content (AvgIpc) is 2.69. The van der Waals surface area contributed by atoms with Crippen LogP contribution in [0.2, 0.25) is 0 Å². The van der Waals surface area contributed by atoms with Crippen LogP contribution in [0.1, 0.15) is 22.8 Å². The predicted octanol–water partition coefficient (Wildman–Crippen LogP) is 2.93. The molecule has 2 aromatic rings. The summed E-state index contributed by atoms with van der Waals surface area (Å²) < 4.78 is 5.88. The number of phenols is 1. The molecule has 0 aromatic heterocycles. The van der Waals surface area contributed by atoms with Crippen molar-refractivity contribution >= 4 is 69.5 Å². The summed E-state index contributed by atoms with van der Waals surface area (Å²) in [6.07, 6.45) is 1.38. The largest absolute Gasteiger partial charge is 0.504 e. The molecule has 1 aliphatic heterocycles. The fraction of sp³-hybridized carbons (Fsp3) is 0.100. The Hall–Kier alpha value is -2.99. The van der Waals surface area contributed by atoms with Gasteiger partial charge in [0.25, 0.3) is 11.8 Å². The highest BCUT2D eigenvalue weighted by Gasteiger charge is 2.34. The monoisotopic (exact) mass is 538 g/mol. The van der Waals surface area contributed by atoms with Gasteiger partial charge in [-0.1, -0.05) is 0 Å². The summed E-state index contributed by atoms with van der Waals surface area (Å²) in [4.78, 5) is 37.6. The van der Waals surface area contributed by atoms with Crippen molar-refractivity contribution < 1.29 is 29.3 Å². The first-order valence-electron chi connectivity index (χ1n) is 8.63. The molecule has 1 fully saturated rings. The second-order valence-corrected chi connectivity index (χ2v) is 7.64. The quantitative estimate of drug-likeness (QED) is 0.232. The van der Waals surface area contributed by atoms with Crippen molar-refractivity contribution in [3.63, 3.8) is 0 Å². The smallest absolute Gasteiger partial charge is 0.335 e. The van der Waals surface area contributed by atoms with Crippen LogP contribution in [0.4, 0.5) is 5.69 Å². The average molecular weight is 538 g/mol. The highest BCUT2D eigenvalue weighted by atomic mass is 127. The van der Waals surface area contributed by atoms with Gasteiger partial charge in [0.05, 0.1) is 21.4 Å². The van der Waals surface area contributed by atoms with Crippen molar-refractivity contribution in [2.75, 3.05) is 11.5 Å². The number of nitrogens with zero attached hydrogens (tertiary/aromatic N) is 1. The molecule has 0 unspecified atom stereocenters. The van der Waals surface area contributed by atoms with Crippen molar-refractivity contribution in [3.8, 4) is 11.5 Å². The van der Waals surface area contributed by atoms with Gasteiger partial charge in [-0.3, -0.25) is 19.8 Å². The molecule has 10 heteroatoms. The van der Waals surface area contributed by atoms with E-state index in [1.807, 2.05) is 22.6 Å². The molecule has 2 aromatic carbocycles.